The van der Waals surface area contributed by atoms with Gasteiger partial charge in [-0.2, -0.15) is 0 Å². The van der Waals surface area contributed by atoms with Gasteiger partial charge in [0.2, 0.25) is 0 Å². The van der Waals surface area contributed by atoms with Crippen molar-refractivity contribution in [1.29, 1.82) is 0 Å². The zero-order valence-corrected chi connectivity index (χ0v) is 20.7. The van der Waals surface area contributed by atoms with E-state index in [1.54, 1.807) is 0 Å². The molecule has 0 radical (unpaired) electrons. The van der Waals surface area contributed by atoms with Crippen molar-refractivity contribution in [2.75, 3.05) is 19.6 Å². The lowest BCUT2D eigenvalue weighted by atomic mass is 9.88. The lowest BCUT2D eigenvalue weighted by molar-refractivity contribution is 0.0937. The van der Waals surface area contributed by atoms with Crippen LogP contribution < -0.4 is 5.32 Å². The molecule has 1 atom stereocenters. The zero-order chi connectivity index (χ0) is 24.6. The van der Waals surface area contributed by atoms with Crippen LogP contribution in [0, 0.1) is 0 Å². The summed E-state index contributed by atoms with van der Waals surface area (Å²) in [4.78, 5) is 15.7. The quantitative estimate of drug-likeness (QED) is 0.309. The first kappa shape index (κ1) is 24.0. The molecule has 1 heterocycles. The summed E-state index contributed by atoms with van der Waals surface area (Å²) in [7, 11) is 0. The maximum atomic E-state index is 13.2. The number of benzene rings is 4. The van der Waals surface area contributed by atoms with Crippen molar-refractivity contribution in [2.45, 2.75) is 31.2 Å². The molecule has 1 fully saturated rings. The third-order valence-corrected chi connectivity index (χ3v) is 7.24. The smallest absolute Gasteiger partial charge is 0.251 e. The van der Waals surface area contributed by atoms with Crippen LogP contribution in [0.15, 0.2) is 115 Å². The van der Waals surface area contributed by atoms with Gasteiger partial charge in [-0.15, -0.1) is 0 Å². The topological polar surface area (TPSA) is 32.3 Å². The van der Waals surface area contributed by atoms with Crippen LogP contribution in [-0.4, -0.2) is 36.5 Å². The molecule has 5 rings (SSSR count). The highest BCUT2D eigenvalue weighted by Gasteiger charge is 2.26. The van der Waals surface area contributed by atoms with E-state index in [4.69, 9.17) is 0 Å². The average molecular weight is 475 g/mol. The van der Waals surface area contributed by atoms with E-state index in [1.807, 2.05) is 36.4 Å². The number of carbonyl (C=O) groups is 1. The molecule has 1 amide bonds. The highest BCUT2D eigenvalue weighted by molar-refractivity contribution is 5.96. The van der Waals surface area contributed by atoms with Crippen LogP contribution in [0.25, 0.3) is 0 Å². The number of rotatable bonds is 9. The van der Waals surface area contributed by atoms with Crippen LogP contribution in [0.5, 0.6) is 0 Å². The molecule has 182 valence electrons. The first-order valence-electron chi connectivity index (χ1n) is 13.0. The van der Waals surface area contributed by atoms with Crippen molar-refractivity contribution in [3.63, 3.8) is 0 Å². The molecule has 0 spiro atoms. The third-order valence-electron chi connectivity index (χ3n) is 7.24. The Kier molecular flexibility index (Phi) is 7.89. The number of hydrogen-bond donors (Lipinski definition) is 1. The third kappa shape index (κ3) is 6.10. The lowest BCUT2D eigenvalue weighted by Gasteiger charge is -2.22. The molecule has 1 aliphatic rings. The average Bonchev–Trinajstić information content (AvgIpc) is 3.38. The largest absolute Gasteiger partial charge is 0.348 e. The predicted molar refractivity (Wildman–Crippen MR) is 147 cm³/mol. The van der Waals surface area contributed by atoms with Crippen molar-refractivity contribution in [3.8, 4) is 0 Å². The molecule has 0 aliphatic carbocycles. The second-order valence-corrected chi connectivity index (χ2v) is 9.74. The summed E-state index contributed by atoms with van der Waals surface area (Å²) in [6.07, 6.45) is 2.82. The standard InChI is InChI=1S/C33H34N2O/c36-33(32-19-11-10-18-29(32)24-26-12-4-1-5-13-26)34-30-20-22-35(25-30)23-21-31(27-14-6-2-7-15-27)28-16-8-3-9-17-28/h1-19,30-31H,20-25H2,(H,34,36). The fraction of sp³-hybridized carbons (Fsp3) is 0.242. The van der Waals surface area contributed by atoms with Gasteiger partial charge < -0.3 is 10.2 Å². The Morgan fingerprint density at radius 3 is 2.03 bits per heavy atom. The number of carbonyl (C=O) groups excluding carboxylic acids is 1. The van der Waals surface area contributed by atoms with E-state index < -0.39 is 0 Å². The maximum absolute atomic E-state index is 13.2. The summed E-state index contributed by atoms with van der Waals surface area (Å²) >= 11 is 0. The molecule has 4 aromatic carbocycles. The van der Waals surface area contributed by atoms with Crippen molar-refractivity contribution < 1.29 is 4.79 Å². The van der Waals surface area contributed by atoms with E-state index in [0.29, 0.717) is 5.92 Å². The summed E-state index contributed by atoms with van der Waals surface area (Å²) in [5, 5.41) is 3.32. The van der Waals surface area contributed by atoms with Gasteiger partial charge in [0, 0.05) is 30.6 Å². The Labute approximate surface area is 214 Å². The molecule has 1 unspecified atom stereocenters. The van der Waals surface area contributed by atoms with Crippen LogP contribution in [0.4, 0.5) is 0 Å². The second-order valence-electron chi connectivity index (χ2n) is 9.74. The molecule has 3 nitrogen and oxygen atoms in total. The Morgan fingerprint density at radius 1 is 0.778 bits per heavy atom. The van der Waals surface area contributed by atoms with Gasteiger partial charge in [-0.25, -0.2) is 0 Å². The molecule has 0 saturated carbocycles. The number of amides is 1. The first-order chi connectivity index (χ1) is 17.8. The summed E-state index contributed by atoms with van der Waals surface area (Å²) < 4.78 is 0. The van der Waals surface area contributed by atoms with E-state index in [0.717, 1.165) is 50.0 Å². The van der Waals surface area contributed by atoms with Gasteiger partial charge in [-0.05, 0) is 54.1 Å². The highest BCUT2D eigenvalue weighted by Crippen LogP contribution is 2.28. The monoisotopic (exact) mass is 474 g/mol. The van der Waals surface area contributed by atoms with E-state index >= 15 is 0 Å². The van der Waals surface area contributed by atoms with Gasteiger partial charge >= 0.3 is 0 Å². The van der Waals surface area contributed by atoms with Crippen LogP contribution in [0.2, 0.25) is 0 Å². The Hall–Kier alpha value is -3.69. The molecule has 1 aliphatic heterocycles. The fourth-order valence-electron chi connectivity index (χ4n) is 5.34. The molecule has 4 aromatic rings. The zero-order valence-electron chi connectivity index (χ0n) is 20.7. The SMILES string of the molecule is O=C(NC1CCN(CCC(c2ccccc2)c2ccccc2)C1)c1ccccc1Cc1ccccc1. The number of hydrogen-bond acceptors (Lipinski definition) is 2. The number of nitrogens with one attached hydrogen (secondary N) is 1. The van der Waals surface area contributed by atoms with E-state index in [-0.39, 0.29) is 11.9 Å². The van der Waals surface area contributed by atoms with Crippen molar-refractivity contribution in [1.82, 2.24) is 10.2 Å². The molecule has 36 heavy (non-hydrogen) atoms. The maximum Gasteiger partial charge on any atom is 0.251 e. The normalized spacial score (nSPS) is 15.8. The van der Waals surface area contributed by atoms with Crippen molar-refractivity contribution in [3.05, 3.63) is 143 Å². The molecular formula is C33H34N2O. The summed E-state index contributed by atoms with van der Waals surface area (Å²) in [5.74, 6) is 0.422. The lowest BCUT2D eigenvalue weighted by Crippen LogP contribution is -2.37. The minimum absolute atomic E-state index is 0.0415. The Morgan fingerprint density at radius 2 is 1.36 bits per heavy atom. The van der Waals surface area contributed by atoms with E-state index in [1.165, 1.54) is 16.7 Å². The van der Waals surface area contributed by atoms with Gasteiger partial charge in [0.1, 0.15) is 0 Å². The fourth-order valence-corrected chi connectivity index (χ4v) is 5.34. The van der Waals surface area contributed by atoms with Gasteiger partial charge in [0.05, 0.1) is 0 Å². The minimum atomic E-state index is 0.0415. The van der Waals surface area contributed by atoms with Crippen molar-refractivity contribution in [2.24, 2.45) is 0 Å². The van der Waals surface area contributed by atoms with Gasteiger partial charge in [0.15, 0.2) is 0 Å². The molecular weight excluding hydrogens is 440 g/mol. The minimum Gasteiger partial charge on any atom is -0.348 e. The van der Waals surface area contributed by atoms with E-state index in [9.17, 15) is 4.79 Å². The summed E-state index contributed by atoms with van der Waals surface area (Å²) in [5.41, 5.74) is 5.80. The molecule has 0 bridgehead atoms. The van der Waals surface area contributed by atoms with Crippen LogP contribution in [0.1, 0.15) is 51.4 Å². The second kappa shape index (κ2) is 11.8. The van der Waals surface area contributed by atoms with Gasteiger partial charge in [-0.3, -0.25) is 4.79 Å². The van der Waals surface area contributed by atoms with Crippen LogP contribution in [-0.2, 0) is 6.42 Å². The van der Waals surface area contributed by atoms with E-state index in [2.05, 4.69) is 89.1 Å². The van der Waals surface area contributed by atoms with Gasteiger partial charge in [-0.1, -0.05) is 109 Å². The van der Waals surface area contributed by atoms with Crippen LogP contribution in [0.3, 0.4) is 0 Å². The van der Waals surface area contributed by atoms with Crippen molar-refractivity contribution >= 4 is 5.91 Å². The Balaban J connectivity index is 1.19. The number of nitrogens with zero attached hydrogens (tertiary/aromatic N) is 1. The predicted octanol–water partition coefficient (Wildman–Crippen LogP) is 6.30. The summed E-state index contributed by atoms with van der Waals surface area (Å²) in [6, 6.07) is 40.1. The molecule has 3 heteroatoms. The Bertz CT molecular complexity index is 1200. The highest BCUT2D eigenvalue weighted by atomic mass is 16.1. The molecule has 1 N–H and O–H groups in total. The van der Waals surface area contributed by atoms with Gasteiger partial charge in [0.25, 0.3) is 5.91 Å². The summed E-state index contributed by atoms with van der Waals surface area (Å²) in [6.45, 7) is 2.95. The van der Waals surface area contributed by atoms with Crippen LogP contribution >= 0.6 is 0 Å². The molecule has 1 saturated heterocycles. The number of likely N-dealkylation sites (tertiary alicyclic amines) is 1. The molecule has 0 aromatic heterocycles. The first-order valence-corrected chi connectivity index (χ1v) is 13.0.